The molecule has 2 heterocycles. The normalized spacial score (nSPS) is 21.9. The van der Waals surface area contributed by atoms with Gasteiger partial charge in [-0.2, -0.15) is 5.10 Å². The van der Waals surface area contributed by atoms with Gasteiger partial charge in [0.05, 0.1) is 11.8 Å². The molecule has 1 aromatic rings. The van der Waals surface area contributed by atoms with Crippen LogP contribution in [-0.4, -0.2) is 41.6 Å². The van der Waals surface area contributed by atoms with E-state index < -0.39 is 0 Å². The van der Waals surface area contributed by atoms with Gasteiger partial charge in [-0.15, -0.1) is 0 Å². The lowest BCUT2D eigenvalue weighted by Crippen LogP contribution is -2.33. The first-order valence-corrected chi connectivity index (χ1v) is 7.67. The Morgan fingerprint density at radius 3 is 2.95 bits per heavy atom. The van der Waals surface area contributed by atoms with Gasteiger partial charge in [-0.05, 0) is 33.1 Å². The van der Waals surface area contributed by atoms with Crippen LogP contribution in [0.2, 0.25) is 0 Å². The van der Waals surface area contributed by atoms with E-state index in [9.17, 15) is 0 Å². The number of hydrogen-bond acceptors (Lipinski definition) is 4. The van der Waals surface area contributed by atoms with Crippen LogP contribution in [0.3, 0.4) is 0 Å². The Kier molecular flexibility index (Phi) is 5.05. The summed E-state index contributed by atoms with van der Waals surface area (Å²) in [6, 6.07) is 0.206. The molecule has 0 saturated carbocycles. The lowest BCUT2D eigenvalue weighted by Gasteiger charge is -2.26. The van der Waals surface area contributed by atoms with Gasteiger partial charge in [0, 0.05) is 38.3 Å². The standard InChI is InChI=1S/C15H28N4O/c1-5-13(16)9-14-12(3)17-18(4)15(14)19-7-6-8-20-11(2)10-19/h11,13H,5-10,16H2,1-4H3. The molecule has 2 atom stereocenters. The molecule has 1 aromatic heterocycles. The van der Waals surface area contributed by atoms with Crippen LogP contribution >= 0.6 is 0 Å². The van der Waals surface area contributed by atoms with Crippen LogP contribution in [0.1, 0.15) is 37.9 Å². The highest BCUT2D eigenvalue weighted by Gasteiger charge is 2.23. The summed E-state index contributed by atoms with van der Waals surface area (Å²) in [7, 11) is 2.03. The van der Waals surface area contributed by atoms with Crippen molar-refractivity contribution < 1.29 is 4.74 Å². The number of anilines is 1. The summed E-state index contributed by atoms with van der Waals surface area (Å²) >= 11 is 0. The van der Waals surface area contributed by atoms with E-state index in [4.69, 9.17) is 10.5 Å². The highest BCUT2D eigenvalue weighted by molar-refractivity contribution is 5.51. The number of ether oxygens (including phenoxy) is 1. The molecule has 0 radical (unpaired) electrons. The maximum atomic E-state index is 6.16. The number of rotatable bonds is 4. The number of nitrogens with two attached hydrogens (primary N) is 1. The average molecular weight is 280 g/mol. The summed E-state index contributed by atoms with van der Waals surface area (Å²) < 4.78 is 7.75. The van der Waals surface area contributed by atoms with Gasteiger partial charge in [0.1, 0.15) is 5.82 Å². The number of nitrogens with zero attached hydrogens (tertiary/aromatic N) is 3. The van der Waals surface area contributed by atoms with E-state index in [2.05, 4.69) is 30.8 Å². The van der Waals surface area contributed by atoms with Crippen molar-refractivity contribution in [3.05, 3.63) is 11.3 Å². The van der Waals surface area contributed by atoms with E-state index in [-0.39, 0.29) is 12.1 Å². The molecule has 0 spiro atoms. The van der Waals surface area contributed by atoms with Gasteiger partial charge in [0.2, 0.25) is 0 Å². The van der Waals surface area contributed by atoms with E-state index >= 15 is 0 Å². The van der Waals surface area contributed by atoms with Crippen molar-refractivity contribution in [2.24, 2.45) is 12.8 Å². The van der Waals surface area contributed by atoms with Crippen LogP contribution < -0.4 is 10.6 Å². The Hall–Kier alpha value is -1.07. The summed E-state index contributed by atoms with van der Waals surface area (Å²) in [6.07, 6.45) is 3.22. The summed E-state index contributed by atoms with van der Waals surface area (Å²) in [6.45, 7) is 9.15. The molecule has 0 aromatic carbocycles. The molecule has 0 aliphatic carbocycles. The van der Waals surface area contributed by atoms with Crippen LogP contribution in [0.5, 0.6) is 0 Å². The molecule has 1 saturated heterocycles. The van der Waals surface area contributed by atoms with Gasteiger partial charge in [-0.3, -0.25) is 4.68 Å². The third-order valence-corrected chi connectivity index (χ3v) is 4.06. The molecule has 5 nitrogen and oxygen atoms in total. The molecular weight excluding hydrogens is 252 g/mol. The molecular formula is C15H28N4O. The third-order valence-electron chi connectivity index (χ3n) is 4.06. The Labute approximate surface area is 122 Å². The van der Waals surface area contributed by atoms with Crippen LogP contribution in [0.15, 0.2) is 0 Å². The molecule has 114 valence electrons. The van der Waals surface area contributed by atoms with E-state index in [1.54, 1.807) is 0 Å². The smallest absolute Gasteiger partial charge is 0.130 e. The summed E-state index contributed by atoms with van der Waals surface area (Å²) in [5.74, 6) is 1.23. The first kappa shape index (κ1) is 15.3. The zero-order chi connectivity index (χ0) is 14.7. The van der Waals surface area contributed by atoms with Gasteiger partial charge in [-0.1, -0.05) is 6.92 Å². The fourth-order valence-corrected chi connectivity index (χ4v) is 2.92. The van der Waals surface area contributed by atoms with Crippen molar-refractivity contribution in [1.29, 1.82) is 0 Å². The van der Waals surface area contributed by atoms with Crippen molar-refractivity contribution in [3.8, 4) is 0 Å². The fraction of sp³-hybridized carbons (Fsp3) is 0.800. The van der Waals surface area contributed by atoms with Crippen LogP contribution in [-0.2, 0) is 18.2 Å². The third kappa shape index (κ3) is 3.33. The minimum atomic E-state index is 0.206. The largest absolute Gasteiger partial charge is 0.377 e. The van der Waals surface area contributed by atoms with Gasteiger partial charge < -0.3 is 15.4 Å². The van der Waals surface area contributed by atoms with Crippen molar-refractivity contribution in [2.45, 2.75) is 52.2 Å². The van der Waals surface area contributed by atoms with E-state index in [1.165, 1.54) is 11.4 Å². The van der Waals surface area contributed by atoms with Crippen molar-refractivity contribution in [3.63, 3.8) is 0 Å². The monoisotopic (exact) mass is 280 g/mol. The van der Waals surface area contributed by atoms with E-state index in [0.29, 0.717) is 0 Å². The Morgan fingerprint density at radius 2 is 2.25 bits per heavy atom. The van der Waals surface area contributed by atoms with Gasteiger partial charge in [0.15, 0.2) is 0 Å². The Balaban J connectivity index is 2.29. The SMILES string of the molecule is CCC(N)Cc1c(C)nn(C)c1N1CCCOC(C)C1. The molecule has 2 N–H and O–H groups in total. The molecule has 0 amide bonds. The zero-order valence-corrected chi connectivity index (χ0v) is 13.2. The zero-order valence-electron chi connectivity index (χ0n) is 13.2. The molecule has 1 aliphatic heterocycles. The molecule has 5 heteroatoms. The summed E-state index contributed by atoms with van der Waals surface area (Å²) in [4.78, 5) is 2.41. The van der Waals surface area contributed by atoms with E-state index in [0.717, 1.165) is 44.7 Å². The molecule has 20 heavy (non-hydrogen) atoms. The van der Waals surface area contributed by atoms with Gasteiger partial charge in [0.25, 0.3) is 0 Å². The number of aromatic nitrogens is 2. The minimum absolute atomic E-state index is 0.206. The first-order valence-electron chi connectivity index (χ1n) is 7.67. The second kappa shape index (κ2) is 6.59. The molecule has 0 bridgehead atoms. The second-order valence-corrected chi connectivity index (χ2v) is 5.86. The van der Waals surface area contributed by atoms with Gasteiger partial charge in [-0.25, -0.2) is 0 Å². The van der Waals surface area contributed by atoms with Crippen molar-refractivity contribution in [1.82, 2.24) is 9.78 Å². The molecule has 1 aliphatic rings. The first-order chi connectivity index (χ1) is 9.52. The maximum Gasteiger partial charge on any atom is 0.130 e. The molecule has 2 rings (SSSR count). The highest BCUT2D eigenvalue weighted by atomic mass is 16.5. The average Bonchev–Trinajstić information content (AvgIpc) is 2.57. The van der Waals surface area contributed by atoms with Crippen LogP contribution in [0.4, 0.5) is 5.82 Å². The molecule has 1 fully saturated rings. The number of hydrogen-bond donors (Lipinski definition) is 1. The predicted octanol–water partition coefficient (Wildman–Crippen LogP) is 1.62. The van der Waals surface area contributed by atoms with E-state index in [1.807, 2.05) is 11.7 Å². The number of aryl methyl sites for hydroxylation is 2. The van der Waals surface area contributed by atoms with Crippen LogP contribution in [0.25, 0.3) is 0 Å². The maximum absolute atomic E-state index is 6.16. The second-order valence-electron chi connectivity index (χ2n) is 5.86. The topological polar surface area (TPSA) is 56.3 Å². The lowest BCUT2D eigenvalue weighted by atomic mass is 10.0. The quantitative estimate of drug-likeness (QED) is 0.910. The highest BCUT2D eigenvalue weighted by Crippen LogP contribution is 2.26. The van der Waals surface area contributed by atoms with Crippen molar-refractivity contribution >= 4 is 5.82 Å². The molecule has 2 unspecified atom stereocenters. The summed E-state index contributed by atoms with van der Waals surface area (Å²) in [5.41, 5.74) is 8.56. The van der Waals surface area contributed by atoms with Crippen molar-refractivity contribution in [2.75, 3.05) is 24.6 Å². The lowest BCUT2D eigenvalue weighted by molar-refractivity contribution is 0.0820. The van der Waals surface area contributed by atoms with Crippen LogP contribution in [0, 0.1) is 6.92 Å². The fourth-order valence-electron chi connectivity index (χ4n) is 2.92. The van der Waals surface area contributed by atoms with Gasteiger partial charge >= 0.3 is 0 Å². The Morgan fingerprint density at radius 1 is 1.50 bits per heavy atom. The predicted molar refractivity (Wildman–Crippen MR) is 82.2 cm³/mol. The Bertz CT molecular complexity index is 443. The minimum Gasteiger partial charge on any atom is -0.377 e. The summed E-state index contributed by atoms with van der Waals surface area (Å²) in [5, 5.41) is 4.61.